The van der Waals surface area contributed by atoms with Gasteiger partial charge in [-0.15, -0.1) is 0 Å². The maximum Gasteiger partial charge on any atom is 0.330 e. The number of carbonyl (C=O) groups excluding carboxylic acids is 3. The van der Waals surface area contributed by atoms with Crippen LogP contribution in [-0.2, 0) is 9.59 Å². The third kappa shape index (κ3) is 6.82. The molecule has 3 aromatic carbocycles. The topological polar surface area (TPSA) is 101 Å². The van der Waals surface area contributed by atoms with Crippen molar-refractivity contribution in [3.63, 3.8) is 0 Å². The van der Waals surface area contributed by atoms with Crippen molar-refractivity contribution in [1.29, 1.82) is 0 Å². The van der Waals surface area contributed by atoms with Crippen LogP contribution in [0, 0.1) is 5.92 Å². The zero-order valence-electron chi connectivity index (χ0n) is 18.3. The smallest absolute Gasteiger partial charge is 0.330 e. The van der Waals surface area contributed by atoms with Gasteiger partial charge in [-0.25, -0.2) is 4.79 Å². The second kappa shape index (κ2) is 12.2. The lowest BCUT2D eigenvalue weighted by atomic mass is 10.1. The van der Waals surface area contributed by atoms with Gasteiger partial charge in [-0.2, -0.15) is 0 Å². The Morgan fingerprint density at radius 3 is 1.53 bits per heavy atom. The molecule has 0 aliphatic carbocycles. The van der Waals surface area contributed by atoms with Gasteiger partial charge in [0.2, 0.25) is 16.1 Å². The van der Waals surface area contributed by atoms with Crippen LogP contribution in [0.1, 0.15) is 39.2 Å². The highest BCUT2D eigenvalue weighted by atomic mass is 32.2. The molecule has 0 spiro atoms. The Hall–Kier alpha value is -3.36. The minimum atomic E-state index is -1.25. The number of rotatable bonds is 9. The summed E-state index contributed by atoms with van der Waals surface area (Å²) in [5.41, 5.74) is 1.32. The first-order valence-electron chi connectivity index (χ1n) is 10.5. The summed E-state index contributed by atoms with van der Waals surface area (Å²) in [4.78, 5) is 50.6. The molecule has 3 aromatic rings. The Morgan fingerprint density at radius 2 is 1.12 bits per heavy atom. The molecule has 0 aromatic heterocycles. The first-order chi connectivity index (χ1) is 16.4. The molecule has 0 heterocycles. The number of thioether (sulfide) groups is 2. The van der Waals surface area contributed by atoms with Gasteiger partial charge in [0.15, 0.2) is 6.04 Å². The summed E-state index contributed by atoms with van der Waals surface area (Å²) in [6.45, 7) is 1.58. The molecule has 1 amide bonds. The molecule has 3 rings (SSSR count). The number of amides is 1. The third-order valence-corrected chi connectivity index (χ3v) is 7.71. The SMILES string of the molecule is CC(C(=O)NC(C(=O)O)c1ccccc1)C(SC(=O)c1ccccc1)SC(=O)c1ccccc1. The Bertz CT molecular complexity index is 1090. The van der Waals surface area contributed by atoms with E-state index in [1.54, 1.807) is 97.9 Å². The van der Waals surface area contributed by atoms with Gasteiger partial charge in [-0.1, -0.05) is 121 Å². The first kappa shape index (κ1) is 25.3. The van der Waals surface area contributed by atoms with Crippen molar-refractivity contribution in [2.24, 2.45) is 5.92 Å². The standard InChI is InChI=1S/C26H23NO5S2/c1-17(22(28)27-21(23(29)30)18-11-5-2-6-12-18)26(33-24(31)19-13-7-3-8-14-19)34-25(32)20-15-9-4-10-16-20/h2-17,21,26H,1H3,(H,27,28)(H,29,30). The first-order valence-corrected chi connectivity index (χ1v) is 12.2. The molecule has 6 nitrogen and oxygen atoms in total. The van der Waals surface area contributed by atoms with Gasteiger partial charge in [0.1, 0.15) is 0 Å². The van der Waals surface area contributed by atoms with Crippen LogP contribution in [0.3, 0.4) is 0 Å². The highest BCUT2D eigenvalue weighted by Crippen LogP contribution is 2.35. The zero-order chi connectivity index (χ0) is 24.5. The third-order valence-electron chi connectivity index (χ3n) is 4.95. The summed E-state index contributed by atoms with van der Waals surface area (Å²) in [7, 11) is 0. The quantitative estimate of drug-likeness (QED) is 0.403. The molecular formula is C26H23NO5S2. The van der Waals surface area contributed by atoms with Gasteiger partial charge < -0.3 is 10.4 Å². The molecule has 34 heavy (non-hydrogen) atoms. The Balaban J connectivity index is 1.81. The van der Waals surface area contributed by atoms with E-state index in [4.69, 9.17) is 0 Å². The van der Waals surface area contributed by atoms with Crippen LogP contribution in [0.4, 0.5) is 0 Å². The molecule has 2 atom stereocenters. The average molecular weight is 494 g/mol. The number of benzene rings is 3. The van der Waals surface area contributed by atoms with Gasteiger partial charge in [0.25, 0.3) is 0 Å². The highest BCUT2D eigenvalue weighted by molar-refractivity contribution is 8.30. The summed E-state index contributed by atoms with van der Waals surface area (Å²) in [6, 6.07) is 24.3. The molecule has 0 saturated heterocycles. The van der Waals surface area contributed by atoms with Crippen LogP contribution in [0.15, 0.2) is 91.0 Å². The molecular weight excluding hydrogens is 470 g/mol. The van der Waals surface area contributed by atoms with Gasteiger partial charge >= 0.3 is 5.97 Å². The molecule has 0 fully saturated rings. The van der Waals surface area contributed by atoms with Crippen molar-refractivity contribution in [3.05, 3.63) is 108 Å². The molecule has 0 aliphatic rings. The number of hydrogen-bond donors (Lipinski definition) is 2. The average Bonchev–Trinajstić information content (AvgIpc) is 2.87. The minimum absolute atomic E-state index is 0.281. The number of hydrogen-bond acceptors (Lipinski definition) is 6. The van der Waals surface area contributed by atoms with Crippen LogP contribution in [0.5, 0.6) is 0 Å². The molecule has 8 heteroatoms. The molecule has 0 saturated carbocycles. The van der Waals surface area contributed by atoms with E-state index in [2.05, 4.69) is 5.32 Å². The predicted molar refractivity (Wildman–Crippen MR) is 135 cm³/mol. The second-order valence-electron chi connectivity index (χ2n) is 7.39. The van der Waals surface area contributed by atoms with E-state index < -0.39 is 28.4 Å². The molecule has 174 valence electrons. The Morgan fingerprint density at radius 1 is 0.706 bits per heavy atom. The van der Waals surface area contributed by atoms with E-state index >= 15 is 0 Å². The number of carboxylic acids is 1. The van der Waals surface area contributed by atoms with Gasteiger partial charge in [-0.05, 0) is 5.56 Å². The highest BCUT2D eigenvalue weighted by Gasteiger charge is 2.33. The number of aliphatic carboxylic acids is 1. The summed E-state index contributed by atoms with van der Waals surface area (Å²) in [5.74, 6) is -2.62. The second-order valence-corrected chi connectivity index (χ2v) is 9.92. The fraction of sp³-hybridized carbons (Fsp3) is 0.154. The van der Waals surface area contributed by atoms with E-state index in [1.165, 1.54) is 0 Å². The summed E-state index contributed by atoms with van der Waals surface area (Å²) < 4.78 is -0.773. The van der Waals surface area contributed by atoms with Crippen molar-refractivity contribution >= 4 is 45.6 Å². The fourth-order valence-electron chi connectivity index (χ4n) is 3.05. The van der Waals surface area contributed by atoms with Crippen LogP contribution in [0.25, 0.3) is 0 Å². The van der Waals surface area contributed by atoms with Crippen LogP contribution in [0.2, 0.25) is 0 Å². The lowest BCUT2D eigenvalue weighted by molar-refractivity contribution is -0.142. The Kier molecular flexibility index (Phi) is 9.07. The van der Waals surface area contributed by atoms with Gasteiger partial charge in [-0.3, -0.25) is 14.4 Å². The lowest BCUT2D eigenvalue weighted by Gasteiger charge is -2.23. The number of carbonyl (C=O) groups is 4. The van der Waals surface area contributed by atoms with Gasteiger partial charge in [0, 0.05) is 11.1 Å². The zero-order valence-corrected chi connectivity index (χ0v) is 19.9. The van der Waals surface area contributed by atoms with E-state index in [0.29, 0.717) is 16.7 Å². The molecule has 0 radical (unpaired) electrons. The summed E-state index contributed by atoms with van der Waals surface area (Å²) in [6.07, 6.45) is 0. The normalized spacial score (nSPS) is 12.5. The minimum Gasteiger partial charge on any atom is -0.479 e. The van der Waals surface area contributed by atoms with E-state index in [-0.39, 0.29) is 10.2 Å². The van der Waals surface area contributed by atoms with Crippen LogP contribution < -0.4 is 5.32 Å². The van der Waals surface area contributed by atoms with Crippen molar-refractivity contribution in [3.8, 4) is 0 Å². The van der Waals surface area contributed by atoms with Crippen molar-refractivity contribution in [1.82, 2.24) is 5.32 Å². The predicted octanol–water partition coefficient (Wildman–Crippen LogP) is 5.04. The van der Waals surface area contributed by atoms with Crippen LogP contribution >= 0.6 is 23.5 Å². The molecule has 0 bridgehead atoms. The Labute approximate surface area is 206 Å². The number of nitrogens with one attached hydrogen (secondary N) is 1. The van der Waals surface area contributed by atoms with E-state index in [9.17, 15) is 24.3 Å². The fourth-order valence-corrected chi connectivity index (χ4v) is 5.39. The van der Waals surface area contributed by atoms with Crippen molar-refractivity contribution in [2.45, 2.75) is 17.5 Å². The van der Waals surface area contributed by atoms with E-state index in [0.717, 1.165) is 23.5 Å². The van der Waals surface area contributed by atoms with Crippen molar-refractivity contribution in [2.75, 3.05) is 0 Å². The van der Waals surface area contributed by atoms with Gasteiger partial charge in [0.05, 0.1) is 10.5 Å². The summed E-state index contributed by atoms with van der Waals surface area (Å²) in [5, 5.41) is 11.6. The maximum atomic E-state index is 13.1. The molecule has 2 N–H and O–H groups in total. The summed E-state index contributed by atoms with van der Waals surface area (Å²) >= 11 is 1.77. The number of carboxylic acid groups (broad SMARTS) is 1. The van der Waals surface area contributed by atoms with E-state index in [1.807, 2.05) is 0 Å². The maximum absolute atomic E-state index is 13.1. The monoisotopic (exact) mass is 493 g/mol. The largest absolute Gasteiger partial charge is 0.479 e. The van der Waals surface area contributed by atoms with Crippen molar-refractivity contribution < 1.29 is 24.3 Å². The molecule has 2 unspecified atom stereocenters. The molecule has 0 aliphatic heterocycles. The lowest BCUT2D eigenvalue weighted by Crippen LogP contribution is -2.39. The van der Waals surface area contributed by atoms with Crippen LogP contribution in [-0.4, -0.2) is 31.8 Å².